The van der Waals surface area contributed by atoms with E-state index in [1.165, 1.54) is 11.8 Å². The lowest BCUT2D eigenvalue weighted by atomic mass is 10.2. The molecule has 1 amide bonds. The second-order valence-corrected chi connectivity index (χ2v) is 5.69. The van der Waals surface area contributed by atoms with Crippen LogP contribution in [-0.4, -0.2) is 40.9 Å². The zero-order valence-corrected chi connectivity index (χ0v) is 12.7. The molecule has 0 aliphatic heterocycles. The van der Waals surface area contributed by atoms with Crippen LogP contribution in [0.4, 0.5) is 0 Å². The molecular weight excluding hydrogens is 298 g/mol. The van der Waals surface area contributed by atoms with Crippen molar-refractivity contribution in [2.45, 2.75) is 11.6 Å². The van der Waals surface area contributed by atoms with Gasteiger partial charge < -0.3 is 9.32 Å². The van der Waals surface area contributed by atoms with E-state index in [-0.39, 0.29) is 5.91 Å². The summed E-state index contributed by atoms with van der Waals surface area (Å²) in [7, 11) is 3.46. The van der Waals surface area contributed by atoms with Gasteiger partial charge in [-0.3, -0.25) is 4.79 Å². The smallest absolute Gasteiger partial charge is 0.276 e. The van der Waals surface area contributed by atoms with E-state index >= 15 is 0 Å². The average molecular weight is 312 g/mol. The molecule has 0 atom stereocenters. The van der Waals surface area contributed by atoms with Gasteiger partial charge in [0.1, 0.15) is 0 Å². The normalized spacial score (nSPS) is 10.6. The molecule has 106 valence electrons. The van der Waals surface area contributed by atoms with E-state index in [0.29, 0.717) is 33.9 Å². The third kappa shape index (κ3) is 3.74. The van der Waals surface area contributed by atoms with Crippen molar-refractivity contribution >= 4 is 29.3 Å². The van der Waals surface area contributed by atoms with E-state index in [4.69, 9.17) is 16.0 Å². The van der Waals surface area contributed by atoms with Crippen molar-refractivity contribution in [3.8, 4) is 11.5 Å². The summed E-state index contributed by atoms with van der Waals surface area (Å²) < 4.78 is 5.52. The Labute approximate surface area is 126 Å². The van der Waals surface area contributed by atoms with Crippen LogP contribution < -0.4 is 0 Å². The number of hydrogen-bond acceptors (Lipinski definition) is 5. The Balaban J connectivity index is 1.96. The number of carbonyl (C=O) groups excluding carboxylic acids is 1. The van der Waals surface area contributed by atoms with Crippen LogP contribution in [0.15, 0.2) is 33.9 Å². The van der Waals surface area contributed by atoms with Gasteiger partial charge in [-0.25, -0.2) is 0 Å². The number of hydrogen-bond donors (Lipinski definition) is 0. The highest BCUT2D eigenvalue weighted by molar-refractivity contribution is 7.99. The van der Waals surface area contributed by atoms with Crippen LogP contribution in [0.3, 0.4) is 0 Å². The van der Waals surface area contributed by atoms with E-state index < -0.39 is 0 Å². The molecule has 0 fully saturated rings. The van der Waals surface area contributed by atoms with Gasteiger partial charge >= 0.3 is 0 Å². The minimum Gasteiger partial charge on any atom is -0.411 e. The molecule has 0 aliphatic rings. The minimum atomic E-state index is 0.0725. The Hall–Kier alpha value is -1.53. The standard InChI is InChI=1S/C13H14ClN3O2S/c1-17(2)11(18)7-8-20-13-16-15-12(19-13)9-5-3-4-6-10(9)14/h3-6H,7-8H2,1-2H3. The fraction of sp³-hybridized carbons (Fsp3) is 0.308. The topological polar surface area (TPSA) is 59.2 Å². The van der Waals surface area contributed by atoms with Gasteiger partial charge in [0.25, 0.3) is 5.22 Å². The molecule has 20 heavy (non-hydrogen) atoms. The van der Waals surface area contributed by atoms with Crippen LogP contribution in [-0.2, 0) is 4.79 Å². The summed E-state index contributed by atoms with van der Waals surface area (Å²) in [5.41, 5.74) is 0.706. The fourth-order valence-corrected chi connectivity index (χ4v) is 2.37. The zero-order chi connectivity index (χ0) is 14.5. The number of aromatic nitrogens is 2. The SMILES string of the molecule is CN(C)C(=O)CCSc1nnc(-c2ccccc2Cl)o1. The molecular formula is C13H14ClN3O2S. The maximum Gasteiger partial charge on any atom is 0.276 e. The van der Waals surface area contributed by atoms with Gasteiger partial charge in [-0.1, -0.05) is 35.5 Å². The number of thioether (sulfide) groups is 1. The van der Waals surface area contributed by atoms with Crippen molar-refractivity contribution in [1.29, 1.82) is 0 Å². The predicted octanol–water partition coefficient (Wildman–Crippen LogP) is 2.96. The second kappa shape index (κ2) is 6.76. The Morgan fingerprint density at radius 3 is 2.80 bits per heavy atom. The lowest BCUT2D eigenvalue weighted by molar-refractivity contribution is -0.128. The third-order valence-electron chi connectivity index (χ3n) is 2.55. The molecule has 0 radical (unpaired) electrons. The second-order valence-electron chi connectivity index (χ2n) is 4.24. The maximum atomic E-state index is 11.4. The van der Waals surface area contributed by atoms with E-state index in [1.807, 2.05) is 18.2 Å². The molecule has 0 spiro atoms. The molecule has 2 aromatic rings. The van der Waals surface area contributed by atoms with Crippen molar-refractivity contribution in [2.75, 3.05) is 19.8 Å². The van der Waals surface area contributed by atoms with Crippen molar-refractivity contribution in [1.82, 2.24) is 15.1 Å². The summed E-state index contributed by atoms with van der Waals surface area (Å²) in [5.74, 6) is 1.06. The van der Waals surface area contributed by atoms with Gasteiger partial charge in [-0.2, -0.15) is 0 Å². The van der Waals surface area contributed by atoms with E-state index in [0.717, 1.165) is 0 Å². The summed E-state index contributed by atoms with van der Waals surface area (Å²) in [6, 6.07) is 7.28. The first kappa shape index (κ1) is 14.9. The largest absolute Gasteiger partial charge is 0.411 e. The first-order valence-electron chi connectivity index (χ1n) is 5.99. The molecule has 7 heteroatoms. The number of rotatable bonds is 5. The molecule has 0 unspecified atom stereocenters. The zero-order valence-electron chi connectivity index (χ0n) is 11.2. The lowest BCUT2D eigenvalue weighted by Gasteiger charge is -2.08. The molecule has 0 saturated carbocycles. The molecule has 2 rings (SSSR count). The summed E-state index contributed by atoms with van der Waals surface area (Å²) in [6.45, 7) is 0. The van der Waals surface area contributed by atoms with Gasteiger partial charge in [0.15, 0.2) is 0 Å². The van der Waals surface area contributed by atoms with Crippen LogP contribution in [0.5, 0.6) is 0 Å². The van der Waals surface area contributed by atoms with Crippen molar-refractivity contribution in [3.05, 3.63) is 29.3 Å². The summed E-state index contributed by atoms with van der Waals surface area (Å²) in [4.78, 5) is 13.0. The highest BCUT2D eigenvalue weighted by Crippen LogP contribution is 2.28. The van der Waals surface area contributed by atoms with Crippen molar-refractivity contribution in [3.63, 3.8) is 0 Å². The van der Waals surface area contributed by atoms with Crippen molar-refractivity contribution < 1.29 is 9.21 Å². The highest BCUT2D eigenvalue weighted by Gasteiger charge is 2.12. The molecule has 0 aliphatic carbocycles. The monoisotopic (exact) mass is 311 g/mol. The summed E-state index contributed by atoms with van der Waals surface area (Å²) >= 11 is 7.42. The number of benzene rings is 1. The minimum absolute atomic E-state index is 0.0725. The van der Waals surface area contributed by atoms with Gasteiger partial charge in [0, 0.05) is 26.3 Å². The molecule has 5 nitrogen and oxygen atoms in total. The Morgan fingerprint density at radius 2 is 2.10 bits per heavy atom. The number of amides is 1. The molecule has 0 bridgehead atoms. The van der Waals surface area contributed by atoms with Crippen molar-refractivity contribution in [2.24, 2.45) is 0 Å². The highest BCUT2D eigenvalue weighted by atomic mass is 35.5. The first-order valence-corrected chi connectivity index (χ1v) is 7.35. The summed E-state index contributed by atoms with van der Waals surface area (Å²) in [6.07, 6.45) is 0.432. The quantitative estimate of drug-likeness (QED) is 0.795. The van der Waals surface area contributed by atoms with Crippen LogP contribution in [0.25, 0.3) is 11.5 Å². The Kier molecular flexibility index (Phi) is 5.03. The van der Waals surface area contributed by atoms with Crippen LogP contribution in [0.1, 0.15) is 6.42 Å². The maximum absolute atomic E-state index is 11.4. The van der Waals surface area contributed by atoms with Crippen LogP contribution >= 0.6 is 23.4 Å². The number of halogens is 1. The lowest BCUT2D eigenvalue weighted by Crippen LogP contribution is -2.21. The molecule has 1 heterocycles. The molecule has 1 aromatic carbocycles. The Morgan fingerprint density at radius 1 is 1.35 bits per heavy atom. The third-order valence-corrected chi connectivity index (χ3v) is 3.70. The van der Waals surface area contributed by atoms with E-state index in [1.54, 1.807) is 25.1 Å². The van der Waals surface area contributed by atoms with Crippen LogP contribution in [0, 0.1) is 0 Å². The van der Waals surface area contributed by atoms with E-state index in [2.05, 4.69) is 10.2 Å². The Bertz CT molecular complexity index is 601. The van der Waals surface area contributed by atoms with Gasteiger partial charge in [-0.05, 0) is 12.1 Å². The fourth-order valence-electron chi connectivity index (χ4n) is 1.46. The number of carbonyl (C=O) groups is 1. The average Bonchev–Trinajstić information content (AvgIpc) is 2.87. The predicted molar refractivity (Wildman–Crippen MR) is 78.8 cm³/mol. The van der Waals surface area contributed by atoms with Gasteiger partial charge in [0.2, 0.25) is 11.8 Å². The number of nitrogens with zero attached hydrogens (tertiary/aromatic N) is 3. The summed E-state index contributed by atoms with van der Waals surface area (Å²) in [5, 5.41) is 8.90. The van der Waals surface area contributed by atoms with Gasteiger partial charge in [0.05, 0.1) is 10.6 Å². The molecule has 1 aromatic heterocycles. The van der Waals surface area contributed by atoms with E-state index in [9.17, 15) is 4.79 Å². The first-order chi connectivity index (χ1) is 9.58. The van der Waals surface area contributed by atoms with Crippen LogP contribution in [0.2, 0.25) is 5.02 Å². The van der Waals surface area contributed by atoms with Gasteiger partial charge in [-0.15, -0.1) is 10.2 Å². The molecule has 0 N–H and O–H groups in total. The molecule has 0 saturated heterocycles.